The molecule has 0 aliphatic carbocycles. The molecule has 0 amide bonds. The van der Waals surface area contributed by atoms with Crippen LogP contribution in [-0.2, 0) is 6.61 Å². The van der Waals surface area contributed by atoms with E-state index in [4.69, 9.17) is 4.74 Å². The van der Waals surface area contributed by atoms with Crippen LogP contribution in [0.3, 0.4) is 0 Å². The lowest BCUT2D eigenvalue weighted by atomic mass is 10.3. The van der Waals surface area contributed by atoms with Gasteiger partial charge in [0.2, 0.25) is 0 Å². The second-order valence-electron chi connectivity index (χ2n) is 4.10. The number of hydrogen-bond acceptors (Lipinski definition) is 5. The normalized spacial score (nSPS) is 10.7. The van der Waals surface area contributed by atoms with Gasteiger partial charge in [-0.05, 0) is 39.5 Å². The molecule has 0 spiro atoms. The molecular formula is C14H12BrN3OS. The van der Waals surface area contributed by atoms with Crippen molar-refractivity contribution < 1.29 is 4.74 Å². The first-order valence-corrected chi connectivity index (χ1v) is 7.74. The van der Waals surface area contributed by atoms with E-state index in [2.05, 4.69) is 31.2 Å². The second kappa shape index (κ2) is 5.76. The van der Waals surface area contributed by atoms with Crippen molar-refractivity contribution in [2.75, 3.05) is 12.4 Å². The predicted molar refractivity (Wildman–Crippen MR) is 85.4 cm³/mol. The lowest BCUT2D eigenvalue weighted by Gasteiger charge is -2.08. The first-order valence-electron chi connectivity index (χ1n) is 6.07. The van der Waals surface area contributed by atoms with Crippen LogP contribution in [0.5, 0.6) is 5.75 Å². The van der Waals surface area contributed by atoms with Gasteiger partial charge in [-0.3, -0.25) is 0 Å². The zero-order chi connectivity index (χ0) is 13.9. The number of rotatable bonds is 4. The molecule has 0 unspecified atom stereocenters. The molecule has 2 aromatic heterocycles. The molecule has 0 aliphatic heterocycles. The third-order valence-electron chi connectivity index (χ3n) is 2.80. The number of aromatic nitrogens is 2. The molecule has 0 atom stereocenters. The van der Waals surface area contributed by atoms with E-state index in [1.165, 1.54) is 0 Å². The number of benzene rings is 1. The maximum Gasteiger partial charge on any atom is 0.169 e. The van der Waals surface area contributed by atoms with E-state index in [9.17, 15) is 0 Å². The van der Waals surface area contributed by atoms with Crippen LogP contribution in [0.2, 0.25) is 0 Å². The number of fused-ring (bicyclic) bond motifs is 1. The molecule has 0 saturated heterocycles. The van der Waals surface area contributed by atoms with Gasteiger partial charge in [0.05, 0.1) is 9.86 Å². The number of halogens is 1. The summed E-state index contributed by atoms with van der Waals surface area (Å²) in [5, 5.41) is 6.15. The van der Waals surface area contributed by atoms with Crippen molar-refractivity contribution in [2.45, 2.75) is 6.61 Å². The number of ether oxygens (including phenoxy) is 1. The van der Waals surface area contributed by atoms with Crippen molar-refractivity contribution >= 4 is 43.3 Å². The van der Waals surface area contributed by atoms with Gasteiger partial charge in [0.15, 0.2) is 5.82 Å². The SMILES string of the molecule is CNc1nc(COc2ccccc2Br)nc2sccc12. The molecule has 1 N–H and O–H groups in total. The fourth-order valence-electron chi connectivity index (χ4n) is 1.86. The molecule has 1 aromatic carbocycles. The van der Waals surface area contributed by atoms with Crippen LogP contribution in [0, 0.1) is 0 Å². The van der Waals surface area contributed by atoms with Crippen LogP contribution in [-0.4, -0.2) is 17.0 Å². The number of hydrogen-bond donors (Lipinski definition) is 1. The summed E-state index contributed by atoms with van der Waals surface area (Å²) in [6, 6.07) is 9.75. The molecule has 0 radical (unpaired) electrons. The average Bonchev–Trinajstić information content (AvgIpc) is 2.94. The van der Waals surface area contributed by atoms with Gasteiger partial charge in [-0.25, -0.2) is 9.97 Å². The summed E-state index contributed by atoms with van der Waals surface area (Å²) >= 11 is 5.06. The Balaban J connectivity index is 1.86. The molecule has 3 aromatic rings. The van der Waals surface area contributed by atoms with E-state index in [1.807, 2.05) is 42.8 Å². The van der Waals surface area contributed by atoms with Crippen molar-refractivity contribution in [3.63, 3.8) is 0 Å². The molecule has 0 aliphatic rings. The van der Waals surface area contributed by atoms with Gasteiger partial charge in [0, 0.05) is 7.05 Å². The Hall–Kier alpha value is -1.66. The molecule has 0 bridgehead atoms. The first kappa shape index (κ1) is 13.3. The van der Waals surface area contributed by atoms with Crippen LogP contribution < -0.4 is 10.1 Å². The standard InChI is InChI=1S/C14H12BrN3OS/c1-16-13-9-6-7-20-14(9)18-12(17-13)8-19-11-5-3-2-4-10(11)15/h2-7H,8H2,1H3,(H,16,17,18). The smallest absolute Gasteiger partial charge is 0.169 e. The maximum absolute atomic E-state index is 5.75. The van der Waals surface area contributed by atoms with E-state index in [1.54, 1.807) is 11.3 Å². The fraction of sp³-hybridized carbons (Fsp3) is 0.143. The highest BCUT2D eigenvalue weighted by Crippen LogP contribution is 2.27. The Bertz CT molecular complexity index is 744. The highest BCUT2D eigenvalue weighted by atomic mass is 79.9. The van der Waals surface area contributed by atoms with Gasteiger partial charge < -0.3 is 10.1 Å². The lowest BCUT2D eigenvalue weighted by Crippen LogP contribution is -2.04. The third-order valence-corrected chi connectivity index (χ3v) is 4.26. The number of para-hydroxylation sites is 1. The van der Waals surface area contributed by atoms with Crippen molar-refractivity contribution in [3.05, 3.63) is 46.0 Å². The maximum atomic E-state index is 5.75. The van der Waals surface area contributed by atoms with Gasteiger partial charge in [0.25, 0.3) is 0 Å². The van der Waals surface area contributed by atoms with E-state index in [-0.39, 0.29) is 0 Å². The first-order chi connectivity index (χ1) is 9.78. The summed E-state index contributed by atoms with van der Waals surface area (Å²) < 4.78 is 6.68. The second-order valence-corrected chi connectivity index (χ2v) is 5.85. The van der Waals surface area contributed by atoms with Crippen LogP contribution >= 0.6 is 27.3 Å². The molecule has 3 rings (SSSR count). The minimum atomic E-state index is 0.338. The summed E-state index contributed by atoms with van der Waals surface area (Å²) in [5.41, 5.74) is 0. The third kappa shape index (κ3) is 2.62. The highest BCUT2D eigenvalue weighted by molar-refractivity contribution is 9.10. The molecule has 0 fully saturated rings. The molecule has 102 valence electrons. The largest absolute Gasteiger partial charge is 0.484 e. The highest BCUT2D eigenvalue weighted by Gasteiger charge is 2.09. The zero-order valence-corrected chi connectivity index (χ0v) is 13.2. The van der Waals surface area contributed by atoms with Crippen molar-refractivity contribution in [3.8, 4) is 5.75 Å². The van der Waals surface area contributed by atoms with E-state index in [0.717, 1.165) is 26.3 Å². The number of anilines is 1. The summed E-state index contributed by atoms with van der Waals surface area (Å²) in [5.74, 6) is 2.29. The van der Waals surface area contributed by atoms with Crippen LogP contribution in [0.1, 0.15) is 5.82 Å². The van der Waals surface area contributed by atoms with Gasteiger partial charge in [-0.2, -0.15) is 0 Å². The molecule has 4 nitrogen and oxygen atoms in total. The molecular weight excluding hydrogens is 338 g/mol. The monoisotopic (exact) mass is 349 g/mol. The Labute approximate surface area is 129 Å². The Morgan fingerprint density at radius 1 is 1.25 bits per heavy atom. The lowest BCUT2D eigenvalue weighted by molar-refractivity contribution is 0.295. The minimum absolute atomic E-state index is 0.338. The van der Waals surface area contributed by atoms with Gasteiger partial charge >= 0.3 is 0 Å². The Morgan fingerprint density at radius 2 is 2.10 bits per heavy atom. The zero-order valence-electron chi connectivity index (χ0n) is 10.8. The number of thiophene rings is 1. The van der Waals surface area contributed by atoms with Crippen LogP contribution in [0.4, 0.5) is 5.82 Å². The van der Waals surface area contributed by atoms with Gasteiger partial charge in [-0.1, -0.05) is 12.1 Å². The van der Waals surface area contributed by atoms with Gasteiger partial charge in [-0.15, -0.1) is 11.3 Å². The van der Waals surface area contributed by atoms with Gasteiger partial charge in [0.1, 0.15) is 23.0 Å². The van der Waals surface area contributed by atoms with E-state index in [0.29, 0.717) is 12.4 Å². The van der Waals surface area contributed by atoms with Crippen molar-refractivity contribution in [1.29, 1.82) is 0 Å². The number of nitrogens with one attached hydrogen (secondary N) is 1. The van der Waals surface area contributed by atoms with E-state index >= 15 is 0 Å². The summed E-state index contributed by atoms with van der Waals surface area (Å²) in [4.78, 5) is 9.96. The van der Waals surface area contributed by atoms with Crippen molar-refractivity contribution in [1.82, 2.24) is 9.97 Å². The topological polar surface area (TPSA) is 47.0 Å². The Kier molecular flexibility index (Phi) is 3.84. The molecule has 2 heterocycles. The predicted octanol–water partition coefficient (Wildman–Crippen LogP) is 4.07. The fourth-order valence-corrected chi connectivity index (χ4v) is 3.04. The minimum Gasteiger partial charge on any atom is -0.484 e. The van der Waals surface area contributed by atoms with E-state index < -0.39 is 0 Å². The summed E-state index contributed by atoms with van der Waals surface area (Å²) in [6.07, 6.45) is 0. The molecule has 20 heavy (non-hydrogen) atoms. The Morgan fingerprint density at radius 3 is 2.90 bits per heavy atom. The summed E-state index contributed by atoms with van der Waals surface area (Å²) in [6.45, 7) is 0.338. The molecule has 6 heteroatoms. The molecule has 0 saturated carbocycles. The van der Waals surface area contributed by atoms with Crippen LogP contribution in [0.15, 0.2) is 40.2 Å². The van der Waals surface area contributed by atoms with Crippen LogP contribution in [0.25, 0.3) is 10.2 Å². The summed E-state index contributed by atoms with van der Waals surface area (Å²) in [7, 11) is 1.86. The number of nitrogens with zero attached hydrogens (tertiary/aromatic N) is 2. The quantitative estimate of drug-likeness (QED) is 0.770. The van der Waals surface area contributed by atoms with Crippen molar-refractivity contribution in [2.24, 2.45) is 0 Å². The average molecular weight is 350 g/mol.